The number of hydrogen-bond donors (Lipinski definition) is 0. The Morgan fingerprint density at radius 2 is 0.515 bits per heavy atom. The van der Waals surface area contributed by atoms with Crippen LogP contribution in [0.5, 0.6) is 23.0 Å². The van der Waals surface area contributed by atoms with E-state index in [4.69, 9.17) is 38.9 Å². The number of methoxy groups -OCH3 is 4. The van der Waals surface area contributed by atoms with Crippen LogP contribution in [-0.4, -0.2) is 38.4 Å². The predicted molar refractivity (Wildman–Crippen MR) is 419 cm³/mol. The van der Waals surface area contributed by atoms with Crippen molar-refractivity contribution < 1.29 is 38.4 Å². The number of hydrogen-bond acceptors (Lipinski definition) is 6. The fourth-order valence-corrected chi connectivity index (χ4v) is 17.1. The van der Waals surface area contributed by atoms with Crippen LogP contribution in [0.3, 0.4) is 0 Å². The molecule has 0 saturated carbocycles. The molecular weight excluding hydrogens is 1790 g/mol. The molecule has 0 atom stereocenters. The molecule has 13 aromatic rings. The maximum Gasteiger partial charge on any atom is 2.00 e. The molecule has 0 radical (unpaired) electrons. The first-order valence-electron chi connectivity index (χ1n) is 30.5. The summed E-state index contributed by atoms with van der Waals surface area (Å²) in [6.07, 6.45) is 1.14. The maximum absolute atomic E-state index is 6.27. The summed E-state index contributed by atoms with van der Waals surface area (Å²) >= 11 is 31.3. The molecule has 4 aliphatic rings. The van der Waals surface area contributed by atoms with E-state index in [0.29, 0.717) is 24.3 Å². The van der Waals surface area contributed by atoms with E-state index >= 15 is 0 Å². The molecule has 0 fully saturated rings. The summed E-state index contributed by atoms with van der Waals surface area (Å²) in [5.41, 5.74) is 21.4. The zero-order chi connectivity index (χ0) is 65.7. The third-order valence-electron chi connectivity index (χ3n) is 18.8. The SMILES string of the molecule is COc1ccc(-c2c3nc(c(-c4ccc(OC)cc4)c4[n-]c(c(-c5ccc(OC)cc5)c5nc(c(-c6ccc(OC)cc6)c6[n-]c2c2c6Cc6cc(Br)c(Br)cc6C2)-c2cc6cc(Br)c(Br)cc6cc2-5)c2cc5cc(Br)c(Br)cc5cc42)-c2cc4cc(Br)c(Br)cc4cc2-3)cc1.[Zn+2]. The second kappa shape index (κ2) is 25.5. The largest absolute Gasteiger partial charge is 2.00 e. The van der Waals surface area contributed by atoms with Crippen molar-refractivity contribution >= 4 is 193 Å². The van der Waals surface area contributed by atoms with Gasteiger partial charge in [-0.05, 0) is 372 Å². The number of halogens is 8. The van der Waals surface area contributed by atoms with E-state index in [1.165, 1.54) is 11.1 Å². The molecule has 2 aliphatic heterocycles. The maximum atomic E-state index is 6.27. The normalized spacial score (nSPS) is 12.2. The summed E-state index contributed by atoms with van der Waals surface area (Å²) in [5.74, 6) is 2.88. The average Bonchev–Trinajstić information content (AvgIpc) is 1.56. The molecule has 0 amide bonds. The van der Waals surface area contributed by atoms with Crippen molar-refractivity contribution in [3.63, 3.8) is 0 Å². The van der Waals surface area contributed by atoms with Crippen molar-refractivity contribution in [2.45, 2.75) is 12.8 Å². The molecule has 11 aromatic carbocycles. The van der Waals surface area contributed by atoms with Gasteiger partial charge in [0.15, 0.2) is 0 Å². The van der Waals surface area contributed by atoms with Gasteiger partial charge in [-0.2, -0.15) is 0 Å². The van der Waals surface area contributed by atoms with Gasteiger partial charge in [0.2, 0.25) is 0 Å². The predicted octanol–water partition coefficient (Wildman–Crippen LogP) is 25.1. The quantitative estimate of drug-likeness (QED) is 0.139. The van der Waals surface area contributed by atoms with Crippen molar-refractivity contribution in [1.82, 2.24) is 19.9 Å². The van der Waals surface area contributed by atoms with Gasteiger partial charge >= 0.3 is 19.5 Å². The minimum absolute atomic E-state index is 0. The van der Waals surface area contributed by atoms with E-state index in [1.54, 1.807) is 28.4 Å². The average molecular weight is 1830 g/mol. The Kier molecular flexibility index (Phi) is 17.0. The Bertz CT molecular complexity index is 5560. The van der Waals surface area contributed by atoms with Gasteiger partial charge in [0.25, 0.3) is 0 Å². The Morgan fingerprint density at radius 3 is 0.773 bits per heavy atom. The monoisotopic (exact) mass is 1820 g/mol. The molecule has 2 aliphatic carbocycles. The van der Waals surface area contributed by atoms with Crippen molar-refractivity contribution in [2.24, 2.45) is 0 Å². The molecular formula is C80H46Br8N4O4Zn. The van der Waals surface area contributed by atoms with Gasteiger partial charge < -0.3 is 28.9 Å². The smallest absolute Gasteiger partial charge is 0.656 e. The van der Waals surface area contributed by atoms with Crippen molar-refractivity contribution in [3.8, 4) is 113 Å². The number of ether oxygens (including phenoxy) is 4. The zero-order valence-corrected chi connectivity index (χ0v) is 67.5. The first-order valence-corrected chi connectivity index (χ1v) is 36.9. The van der Waals surface area contributed by atoms with E-state index < -0.39 is 0 Å². The number of nitrogens with zero attached hydrogens (tertiary/aromatic N) is 4. The number of rotatable bonds is 8. The second-order valence-electron chi connectivity index (χ2n) is 24.0. The summed E-state index contributed by atoms with van der Waals surface area (Å²) in [5, 5.41) is 7.99. The third-order valence-corrected chi connectivity index (χ3v) is 26.2. The van der Waals surface area contributed by atoms with Crippen LogP contribution in [-0.2, 0) is 32.3 Å². The molecule has 17 rings (SSSR count). The minimum atomic E-state index is 0. The molecule has 97 heavy (non-hydrogen) atoms. The molecule has 2 aromatic heterocycles. The molecule has 468 valence electrons. The van der Waals surface area contributed by atoms with Crippen LogP contribution in [0.4, 0.5) is 0 Å². The summed E-state index contributed by atoms with van der Waals surface area (Å²) in [4.78, 5) is 25.0. The van der Waals surface area contributed by atoms with Gasteiger partial charge in [-0.15, -0.1) is 22.1 Å². The van der Waals surface area contributed by atoms with Gasteiger partial charge in [0, 0.05) is 58.0 Å². The van der Waals surface area contributed by atoms with Gasteiger partial charge in [-0.1, -0.05) is 59.7 Å². The zero-order valence-electron chi connectivity index (χ0n) is 51.9. The van der Waals surface area contributed by atoms with E-state index in [2.05, 4.69) is 261 Å². The Labute approximate surface area is 637 Å². The van der Waals surface area contributed by atoms with E-state index in [0.717, 1.165) is 213 Å². The van der Waals surface area contributed by atoms with Crippen LogP contribution in [0.15, 0.2) is 218 Å². The number of fused-ring (bicyclic) bond motifs is 4. The van der Waals surface area contributed by atoms with E-state index in [9.17, 15) is 0 Å². The van der Waals surface area contributed by atoms with Gasteiger partial charge in [0.05, 0.1) is 51.2 Å². The third kappa shape index (κ3) is 10.9. The van der Waals surface area contributed by atoms with Crippen molar-refractivity contribution in [2.75, 3.05) is 28.4 Å². The first-order chi connectivity index (χ1) is 46.6. The summed E-state index contributed by atoms with van der Waals surface area (Å²) in [7, 11) is 6.81. The second-order valence-corrected chi connectivity index (χ2v) is 30.9. The van der Waals surface area contributed by atoms with Crippen LogP contribution in [0.1, 0.15) is 22.3 Å². The summed E-state index contributed by atoms with van der Waals surface area (Å²) in [6.45, 7) is 0. The fourth-order valence-electron chi connectivity index (χ4n) is 14.1. The molecule has 8 bridgehead atoms. The van der Waals surface area contributed by atoms with Crippen molar-refractivity contribution in [3.05, 3.63) is 240 Å². The fraction of sp³-hybridized carbons (Fsp3) is 0.0750. The molecule has 0 unspecified atom stereocenters. The van der Waals surface area contributed by atoms with Crippen LogP contribution in [0.2, 0.25) is 0 Å². The molecule has 0 saturated heterocycles. The van der Waals surface area contributed by atoms with E-state index in [1.807, 2.05) is 48.5 Å². The Hall–Kier alpha value is -6.76. The number of benzene rings is 11. The van der Waals surface area contributed by atoms with Crippen LogP contribution in [0, 0.1) is 0 Å². The van der Waals surface area contributed by atoms with Gasteiger partial charge in [-0.25, -0.2) is 9.97 Å². The summed E-state index contributed by atoms with van der Waals surface area (Å²) in [6, 6.07) is 64.7. The van der Waals surface area contributed by atoms with Gasteiger partial charge in [0.1, 0.15) is 23.0 Å². The molecule has 17 heteroatoms. The number of aromatic nitrogens is 4. The molecule has 0 N–H and O–H groups in total. The van der Waals surface area contributed by atoms with Crippen molar-refractivity contribution in [1.29, 1.82) is 0 Å². The topological polar surface area (TPSA) is 90.9 Å². The molecule has 4 heterocycles. The first kappa shape index (κ1) is 64.9. The minimum Gasteiger partial charge on any atom is -0.656 e. The molecule has 0 spiro atoms. The standard InChI is InChI=1S/C80H46Br8N4O4.Zn/c1-93-49-13-5-37(6-14-49)69-73-53-21-41-29-61(81)63(83)31-43(41)23-55(53)75(89-73)70(38-7-15-50(94-2)16-8-38)77-57-25-45-33-65(85)67(87)35-47(45)27-59(57)79(91-77)72(40-11-19-52(96-4)20-12-40)80-60-28-48-36-68(88)66(86)34-46(48)26-58(60)78(92-80)71(39-9-17-51(95-3)18-10-39)76-56-24-44-32-64(84)62(82)30-42(44)22-54(56)74(69)90-76;/h5-25,27,29-36H,26,28H2,1-4H3;/q-2;+2. The Balaban J connectivity index is 0.00000738. The van der Waals surface area contributed by atoms with Crippen LogP contribution >= 0.6 is 127 Å². The van der Waals surface area contributed by atoms with Crippen LogP contribution in [0.25, 0.3) is 155 Å². The van der Waals surface area contributed by atoms with E-state index in [-0.39, 0.29) is 19.5 Å². The van der Waals surface area contributed by atoms with Gasteiger partial charge in [-0.3, -0.25) is 0 Å². The van der Waals surface area contributed by atoms with Crippen LogP contribution < -0.4 is 28.9 Å². The molecule has 8 nitrogen and oxygen atoms in total. The summed E-state index contributed by atoms with van der Waals surface area (Å²) < 4.78 is 31.2. The Morgan fingerprint density at radius 1 is 0.289 bits per heavy atom.